The van der Waals surface area contributed by atoms with Crippen LogP contribution < -0.4 is 14.8 Å². The summed E-state index contributed by atoms with van der Waals surface area (Å²) in [6.45, 7) is 0.873. The molecule has 0 saturated heterocycles. The van der Waals surface area contributed by atoms with Crippen LogP contribution in [-0.4, -0.2) is 20.3 Å². The fourth-order valence-corrected chi connectivity index (χ4v) is 2.91. The average molecular weight is 277 g/mol. The minimum absolute atomic E-state index is 0.655. The Hall–Kier alpha value is -1.22. The third-order valence-electron chi connectivity index (χ3n) is 4.18. The zero-order valence-corrected chi connectivity index (χ0v) is 12.8. The number of ether oxygens (including phenoxy) is 2. The van der Waals surface area contributed by atoms with E-state index in [4.69, 9.17) is 9.47 Å². The van der Waals surface area contributed by atoms with Gasteiger partial charge >= 0.3 is 0 Å². The van der Waals surface area contributed by atoms with Gasteiger partial charge in [-0.3, -0.25) is 0 Å². The second-order valence-electron chi connectivity index (χ2n) is 5.60. The van der Waals surface area contributed by atoms with Crippen molar-refractivity contribution in [3.63, 3.8) is 0 Å². The van der Waals surface area contributed by atoms with Crippen molar-refractivity contribution in [1.82, 2.24) is 5.32 Å². The molecule has 1 N–H and O–H groups in total. The molecule has 3 heteroatoms. The molecule has 3 nitrogen and oxygen atoms in total. The quantitative estimate of drug-likeness (QED) is 0.885. The summed E-state index contributed by atoms with van der Waals surface area (Å²) in [6.07, 6.45) is 9.53. The first kappa shape index (κ1) is 15.2. The van der Waals surface area contributed by atoms with E-state index in [1.54, 1.807) is 14.2 Å². The molecule has 0 atom stereocenters. The molecule has 2 rings (SSSR count). The summed E-state index contributed by atoms with van der Waals surface area (Å²) in [6, 6.07) is 6.70. The second kappa shape index (κ2) is 8.15. The van der Waals surface area contributed by atoms with Gasteiger partial charge in [0.25, 0.3) is 0 Å². The molecule has 1 aliphatic rings. The Balaban J connectivity index is 1.91. The maximum Gasteiger partial charge on any atom is 0.127 e. The van der Waals surface area contributed by atoms with Crippen molar-refractivity contribution in [3.05, 3.63) is 23.8 Å². The summed E-state index contributed by atoms with van der Waals surface area (Å²) in [5, 5.41) is 3.70. The standard InChI is InChI=1S/C17H27NO2/c1-19-16-11-10-14(17(12-16)20-2)13-18-15-8-6-4-3-5-7-9-15/h10-12,15,18H,3-9,13H2,1-2H3. The van der Waals surface area contributed by atoms with Crippen LogP contribution >= 0.6 is 0 Å². The Morgan fingerprint density at radius 2 is 1.70 bits per heavy atom. The molecule has 0 aliphatic heterocycles. The molecule has 20 heavy (non-hydrogen) atoms. The zero-order chi connectivity index (χ0) is 14.2. The van der Waals surface area contributed by atoms with Crippen LogP contribution in [0.1, 0.15) is 50.5 Å². The maximum absolute atomic E-state index is 5.45. The van der Waals surface area contributed by atoms with E-state index in [1.807, 2.05) is 12.1 Å². The average Bonchev–Trinajstić information content (AvgIpc) is 2.46. The minimum Gasteiger partial charge on any atom is -0.497 e. The van der Waals surface area contributed by atoms with Crippen LogP contribution in [0, 0.1) is 0 Å². The Kier molecular flexibility index (Phi) is 6.19. The van der Waals surface area contributed by atoms with Crippen molar-refractivity contribution >= 4 is 0 Å². The third kappa shape index (κ3) is 4.41. The van der Waals surface area contributed by atoms with Gasteiger partial charge in [-0.1, -0.05) is 38.2 Å². The van der Waals surface area contributed by atoms with Crippen LogP contribution in [0.2, 0.25) is 0 Å². The van der Waals surface area contributed by atoms with E-state index >= 15 is 0 Å². The van der Waals surface area contributed by atoms with E-state index in [0.29, 0.717) is 6.04 Å². The summed E-state index contributed by atoms with van der Waals surface area (Å²) < 4.78 is 10.7. The molecule has 0 unspecified atom stereocenters. The first-order valence-corrected chi connectivity index (χ1v) is 7.78. The highest BCUT2D eigenvalue weighted by atomic mass is 16.5. The SMILES string of the molecule is COc1ccc(CNC2CCCCCCC2)c(OC)c1. The Morgan fingerprint density at radius 3 is 2.35 bits per heavy atom. The Morgan fingerprint density at radius 1 is 1.00 bits per heavy atom. The lowest BCUT2D eigenvalue weighted by Gasteiger charge is -2.21. The van der Waals surface area contributed by atoms with Crippen molar-refractivity contribution in [1.29, 1.82) is 0 Å². The molecule has 1 saturated carbocycles. The van der Waals surface area contributed by atoms with Crippen molar-refractivity contribution in [2.75, 3.05) is 14.2 Å². The molecule has 112 valence electrons. The molecule has 1 fully saturated rings. The number of nitrogens with one attached hydrogen (secondary N) is 1. The molecule has 0 heterocycles. The highest BCUT2D eigenvalue weighted by Gasteiger charge is 2.12. The second-order valence-corrected chi connectivity index (χ2v) is 5.60. The van der Waals surface area contributed by atoms with Crippen molar-refractivity contribution in [2.24, 2.45) is 0 Å². The van der Waals surface area contributed by atoms with Gasteiger partial charge in [-0.15, -0.1) is 0 Å². The first-order chi connectivity index (χ1) is 9.83. The predicted molar refractivity (Wildman–Crippen MR) is 82.5 cm³/mol. The molecule has 1 aliphatic carbocycles. The Labute approximate surface area is 122 Å². The van der Waals surface area contributed by atoms with Crippen molar-refractivity contribution in [2.45, 2.75) is 57.5 Å². The largest absolute Gasteiger partial charge is 0.497 e. The van der Waals surface area contributed by atoms with E-state index in [9.17, 15) is 0 Å². The minimum atomic E-state index is 0.655. The van der Waals surface area contributed by atoms with Gasteiger partial charge in [0, 0.05) is 24.2 Å². The predicted octanol–water partition coefficient (Wildman–Crippen LogP) is 3.91. The fraction of sp³-hybridized carbons (Fsp3) is 0.647. The highest BCUT2D eigenvalue weighted by Crippen LogP contribution is 2.25. The van der Waals surface area contributed by atoms with Gasteiger partial charge in [0.1, 0.15) is 11.5 Å². The molecule has 1 aromatic rings. The van der Waals surface area contributed by atoms with Crippen LogP contribution in [0.15, 0.2) is 18.2 Å². The van der Waals surface area contributed by atoms with Crippen LogP contribution in [0.5, 0.6) is 11.5 Å². The third-order valence-corrected chi connectivity index (χ3v) is 4.18. The van der Waals surface area contributed by atoms with E-state index in [2.05, 4.69) is 11.4 Å². The number of hydrogen-bond donors (Lipinski definition) is 1. The van der Waals surface area contributed by atoms with Crippen LogP contribution in [0.25, 0.3) is 0 Å². The maximum atomic E-state index is 5.45. The zero-order valence-electron chi connectivity index (χ0n) is 12.8. The molecular weight excluding hydrogens is 250 g/mol. The number of benzene rings is 1. The van der Waals surface area contributed by atoms with Crippen LogP contribution in [0.4, 0.5) is 0 Å². The highest BCUT2D eigenvalue weighted by molar-refractivity contribution is 5.40. The summed E-state index contributed by atoms with van der Waals surface area (Å²) in [5.41, 5.74) is 1.20. The number of rotatable bonds is 5. The monoisotopic (exact) mass is 277 g/mol. The van der Waals surface area contributed by atoms with Gasteiger partial charge in [-0.25, -0.2) is 0 Å². The van der Waals surface area contributed by atoms with Gasteiger partial charge in [0.2, 0.25) is 0 Å². The summed E-state index contributed by atoms with van der Waals surface area (Å²) in [7, 11) is 3.40. The van der Waals surface area contributed by atoms with E-state index in [0.717, 1.165) is 18.0 Å². The Bertz CT molecular complexity index is 398. The van der Waals surface area contributed by atoms with E-state index in [-0.39, 0.29) is 0 Å². The molecule has 0 aromatic heterocycles. The smallest absolute Gasteiger partial charge is 0.127 e. The number of hydrogen-bond acceptors (Lipinski definition) is 3. The summed E-state index contributed by atoms with van der Waals surface area (Å²) in [5.74, 6) is 1.75. The van der Waals surface area contributed by atoms with Gasteiger partial charge < -0.3 is 14.8 Å². The molecular formula is C17H27NO2. The van der Waals surface area contributed by atoms with Crippen molar-refractivity contribution < 1.29 is 9.47 Å². The molecule has 0 bridgehead atoms. The molecule has 0 amide bonds. The molecule has 0 radical (unpaired) electrons. The van der Waals surface area contributed by atoms with E-state index in [1.165, 1.54) is 50.5 Å². The van der Waals surface area contributed by atoms with Crippen LogP contribution in [0.3, 0.4) is 0 Å². The molecule has 0 spiro atoms. The van der Waals surface area contributed by atoms with Crippen molar-refractivity contribution in [3.8, 4) is 11.5 Å². The lowest BCUT2D eigenvalue weighted by Crippen LogP contribution is -2.29. The van der Waals surface area contributed by atoms with E-state index < -0.39 is 0 Å². The lowest BCUT2D eigenvalue weighted by atomic mass is 9.96. The summed E-state index contributed by atoms with van der Waals surface area (Å²) in [4.78, 5) is 0. The molecule has 1 aromatic carbocycles. The topological polar surface area (TPSA) is 30.5 Å². The normalized spacial score (nSPS) is 17.3. The number of methoxy groups -OCH3 is 2. The lowest BCUT2D eigenvalue weighted by molar-refractivity contribution is 0.374. The van der Waals surface area contributed by atoms with Gasteiger partial charge in [0.15, 0.2) is 0 Å². The first-order valence-electron chi connectivity index (χ1n) is 7.78. The van der Waals surface area contributed by atoms with Gasteiger partial charge in [-0.05, 0) is 18.9 Å². The van der Waals surface area contributed by atoms with Gasteiger partial charge in [0.05, 0.1) is 14.2 Å². The summed E-state index contributed by atoms with van der Waals surface area (Å²) >= 11 is 0. The fourth-order valence-electron chi connectivity index (χ4n) is 2.91. The van der Waals surface area contributed by atoms with Crippen LogP contribution in [-0.2, 0) is 6.54 Å². The van der Waals surface area contributed by atoms with Gasteiger partial charge in [-0.2, -0.15) is 0 Å².